The van der Waals surface area contributed by atoms with Crippen molar-refractivity contribution in [3.8, 4) is 0 Å². The summed E-state index contributed by atoms with van der Waals surface area (Å²) in [5, 5.41) is 75.3. The van der Waals surface area contributed by atoms with Crippen LogP contribution in [0.15, 0.2) is 12.2 Å². The number of hydrogen-bond donors (Lipinski definition) is 8. The van der Waals surface area contributed by atoms with Crippen LogP contribution in [0.1, 0.15) is 181 Å². The minimum Gasteiger partial charge on any atom is -0.394 e. The second kappa shape index (κ2) is 33.0. The lowest BCUT2D eigenvalue weighted by Gasteiger charge is -2.40. The predicted molar refractivity (Wildman–Crippen MR) is 210 cm³/mol. The Hall–Kier alpha value is -1.15. The van der Waals surface area contributed by atoms with Crippen LogP contribution in [0, 0.1) is 0 Å². The third kappa shape index (κ3) is 23.5. The van der Waals surface area contributed by atoms with Gasteiger partial charge in [-0.05, 0) is 38.5 Å². The van der Waals surface area contributed by atoms with Crippen LogP contribution in [0.5, 0.6) is 0 Å². The Labute approximate surface area is 322 Å². The highest BCUT2D eigenvalue weighted by Crippen LogP contribution is 2.23. The first-order chi connectivity index (χ1) is 25.7. The van der Waals surface area contributed by atoms with Crippen molar-refractivity contribution >= 4 is 5.91 Å². The van der Waals surface area contributed by atoms with Crippen LogP contribution >= 0.6 is 0 Å². The van der Waals surface area contributed by atoms with E-state index in [1.54, 1.807) is 0 Å². The molecule has 8 N–H and O–H groups in total. The Morgan fingerprint density at radius 1 is 0.642 bits per heavy atom. The number of ether oxygens (including phenoxy) is 2. The van der Waals surface area contributed by atoms with Crippen LogP contribution in [-0.4, -0.2) is 110 Å². The van der Waals surface area contributed by atoms with Gasteiger partial charge >= 0.3 is 0 Å². The van der Waals surface area contributed by atoms with Gasteiger partial charge in [0.15, 0.2) is 6.29 Å². The van der Waals surface area contributed by atoms with Crippen molar-refractivity contribution in [2.45, 2.75) is 236 Å². The fourth-order valence-electron chi connectivity index (χ4n) is 6.91. The average molecular weight is 760 g/mol. The van der Waals surface area contributed by atoms with E-state index < -0.39 is 74.2 Å². The van der Waals surface area contributed by atoms with Crippen LogP contribution < -0.4 is 5.32 Å². The van der Waals surface area contributed by atoms with Gasteiger partial charge in [0.1, 0.15) is 36.6 Å². The molecule has 1 fully saturated rings. The molecule has 11 nitrogen and oxygen atoms in total. The number of aliphatic hydroxyl groups excluding tert-OH is 7. The second-order valence-corrected chi connectivity index (χ2v) is 15.4. The molecule has 53 heavy (non-hydrogen) atoms. The lowest BCUT2D eigenvalue weighted by molar-refractivity contribution is -0.303. The highest BCUT2D eigenvalue weighted by molar-refractivity contribution is 5.80. The maximum absolute atomic E-state index is 13.0. The quantitative estimate of drug-likeness (QED) is 0.0277. The molecule has 1 aliphatic rings. The van der Waals surface area contributed by atoms with Crippen LogP contribution in [0.25, 0.3) is 0 Å². The molecule has 0 aromatic carbocycles. The predicted octanol–water partition coefficient (Wildman–Crippen LogP) is 6.11. The number of unbranched alkanes of at least 4 members (excludes halogenated alkanes) is 21. The van der Waals surface area contributed by atoms with Crippen LogP contribution in [0.3, 0.4) is 0 Å². The fourth-order valence-corrected chi connectivity index (χ4v) is 6.91. The van der Waals surface area contributed by atoms with Gasteiger partial charge in [-0.25, -0.2) is 0 Å². The molecule has 0 radical (unpaired) electrons. The molecule has 1 aliphatic heterocycles. The molecule has 0 aromatic rings. The summed E-state index contributed by atoms with van der Waals surface area (Å²) in [6.45, 7) is 3.39. The molecule has 314 valence electrons. The van der Waals surface area contributed by atoms with Gasteiger partial charge in [-0.3, -0.25) is 4.79 Å². The molecule has 1 heterocycles. The van der Waals surface area contributed by atoms with Crippen molar-refractivity contribution < 1.29 is 50.0 Å². The van der Waals surface area contributed by atoms with Crippen LogP contribution in [0.2, 0.25) is 0 Å². The Bertz CT molecular complexity index is 877. The van der Waals surface area contributed by atoms with E-state index in [2.05, 4.69) is 31.3 Å². The minimum absolute atomic E-state index is 0.258. The molecule has 0 aromatic heterocycles. The van der Waals surface area contributed by atoms with E-state index >= 15 is 0 Å². The minimum atomic E-state index is -1.66. The van der Waals surface area contributed by atoms with Crippen LogP contribution in [0.4, 0.5) is 0 Å². The molecule has 1 saturated heterocycles. The van der Waals surface area contributed by atoms with E-state index in [0.717, 1.165) is 38.5 Å². The normalized spacial score (nSPS) is 22.9. The van der Waals surface area contributed by atoms with E-state index in [4.69, 9.17) is 9.47 Å². The molecular formula is C42H81NO10. The summed E-state index contributed by atoms with van der Waals surface area (Å²) in [5.41, 5.74) is 0. The summed E-state index contributed by atoms with van der Waals surface area (Å²) in [7, 11) is 0. The third-order valence-electron chi connectivity index (χ3n) is 10.6. The standard InChI is InChI=1S/C42H81NO10/c1-3-5-7-9-11-13-15-16-17-18-20-22-24-26-28-30-35(46)41(51)43-33(32-52-42-40(50)39(49)38(48)36(31-44)53-42)37(47)34(45)29-27-25-23-21-19-14-12-10-8-6-4-2/h21,23,33-40,42,44-50H,3-20,22,24-32H2,1-2H3,(H,43,51)/b23-21+. The first kappa shape index (κ1) is 49.9. The molecule has 1 amide bonds. The van der Waals surface area contributed by atoms with Crippen molar-refractivity contribution in [2.24, 2.45) is 0 Å². The Morgan fingerprint density at radius 3 is 1.62 bits per heavy atom. The number of rotatable bonds is 35. The topological polar surface area (TPSA) is 189 Å². The number of nitrogens with one attached hydrogen (secondary N) is 1. The number of aliphatic hydroxyl groups is 7. The van der Waals surface area contributed by atoms with E-state index in [0.29, 0.717) is 12.8 Å². The molecular weight excluding hydrogens is 678 g/mol. The van der Waals surface area contributed by atoms with E-state index in [1.165, 1.54) is 103 Å². The first-order valence-electron chi connectivity index (χ1n) is 21.6. The molecule has 9 atom stereocenters. The van der Waals surface area contributed by atoms with Crippen molar-refractivity contribution in [3.63, 3.8) is 0 Å². The zero-order chi connectivity index (χ0) is 39.1. The zero-order valence-corrected chi connectivity index (χ0v) is 33.5. The number of hydrogen-bond acceptors (Lipinski definition) is 10. The van der Waals surface area contributed by atoms with Crippen LogP contribution in [-0.2, 0) is 14.3 Å². The van der Waals surface area contributed by atoms with Gasteiger partial charge in [-0.2, -0.15) is 0 Å². The monoisotopic (exact) mass is 760 g/mol. The highest BCUT2D eigenvalue weighted by atomic mass is 16.7. The van der Waals surface area contributed by atoms with E-state index in [9.17, 15) is 40.5 Å². The van der Waals surface area contributed by atoms with Gasteiger partial charge in [-0.15, -0.1) is 0 Å². The molecule has 0 spiro atoms. The van der Waals surface area contributed by atoms with E-state index in [-0.39, 0.29) is 12.8 Å². The second-order valence-electron chi connectivity index (χ2n) is 15.4. The Balaban J connectivity index is 2.51. The van der Waals surface area contributed by atoms with Gasteiger partial charge in [0.05, 0.1) is 25.4 Å². The lowest BCUT2D eigenvalue weighted by atomic mass is 9.98. The maximum Gasteiger partial charge on any atom is 0.249 e. The molecule has 0 saturated carbocycles. The van der Waals surface area contributed by atoms with Crippen molar-refractivity contribution in [2.75, 3.05) is 13.2 Å². The molecule has 11 heteroatoms. The summed E-state index contributed by atoms with van der Waals surface area (Å²) in [5.74, 6) is -0.707. The summed E-state index contributed by atoms with van der Waals surface area (Å²) in [6, 6.07) is -1.18. The Kier molecular flexibility index (Phi) is 31.1. The Morgan fingerprint density at radius 2 is 1.11 bits per heavy atom. The molecule has 0 aliphatic carbocycles. The van der Waals surface area contributed by atoms with Gasteiger partial charge in [-0.1, -0.05) is 154 Å². The molecule has 0 bridgehead atoms. The maximum atomic E-state index is 13.0. The molecule has 9 unspecified atom stereocenters. The SMILES string of the molecule is CCCCCCCC/C=C/CCCC(O)C(O)C(COC1OC(CO)C(O)C(O)C1O)NC(=O)C(O)CCCCCCCCCCCCCCCCC. The van der Waals surface area contributed by atoms with Crippen molar-refractivity contribution in [1.82, 2.24) is 5.32 Å². The van der Waals surface area contributed by atoms with Gasteiger partial charge in [0.25, 0.3) is 0 Å². The summed E-state index contributed by atoms with van der Waals surface area (Å²) < 4.78 is 11.0. The zero-order valence-electron chi connectivity index (χ0n) is 33.5. The number of amides is 1. The summed E-state index contributed by atoms with van der Waals surface area (Å²) in [6.07, 6.45) is 21.3. The van der Waals surface area contributed by atoms with Gasteiger partial charge in [0, 0.05) is 0 Å². The lowest BCUT2D eigenvalue weighted by Crippen LogP contribution is -2.60. The first-order valence-corrected chi connectivity index (χ1v) is 21.6. The number of allylic oxidation sites excluding steroid dienone is 2. The van der Waals surface area contributed by atoms with Crippen molar-refractivity contribution in [3.05, 3.63) is 12.2 Å². The number of carbonyl (C=O) groups is 1. The van der Waals surface area contributed by atoms with E-state index in [1.807, 2.05) is 0 Å². The fraction of sp³-hybridized carbons (Fsp3) is 0.929. The highest BCUT2D eigenvalue weighted by Gasteiger charge is 2.44. The van der Waals surface area contributed by atoms with Gasteiger partial charge in [0.2, 0.25) is 5.91 Å². The van der Waals surface area contributed by atoms with Gasteiger partial charge < -0.3 is 50.5 Å². The van der Waals surface area contributed by atoms with Crippen molar-refractivity contribution in [1.29, 1.82) is 0 Å². The largest absolute Gasteiger partial charge is 0.394 e. The number of carbonyl (C=O) groups excluding carboxylic acids is 1. The third-order valence-corrected chi connectivity index (χ3v) is 10.6. The summed E-state index contributed by atoms with van der Waals surface area (Å²) in [4.78, 5) is 13.0. The smallest absolute Gasteiger partial charge is 0.249 e. The summed E-state index contributed by atoms with van der Waals surface area (Å²) >= 11 is 0. The average Bonchev–Trinajstić information content (AvgIpc) is 3.16. The molecule has 1 rings (SSSR count).